The van der Waals surface area contributed by atoms with Gasteiger partial charge in [0.1, 0.15) is 0 Å². The molecule has 0 unspecified atom stereocenters. The largest absolute Gasteiger partial charge is 0.390 e. The molecular formula is C15H30O. The third-order valence-electron chi connectivity index (χ3n) is 5.11. The van der Waals surface area contributed by atoms with E-state index in [0.717, 1.165) is 11.8 Å². The van der Waals surface area contributed by atoms with Crippen LogP contribution in [0.4, 0.5) is 0 Å². The lowest BCUT2D eigenvalue weighted by molar-refractivity contribution is -0.0529. The molecule has 16 heavy (non-hydrogen) atoms. The van der Waals surface area contributed by atoms with E-state index in [1.807, 2.05) is 13.8 Å². The summed E-state index contributed by atoms with van der Waals surface area (Å²) in [7, 11) is 0. The Morgan fingerprint density at radius 2 is 1.94 bits per heavy atom. The summed E-state index contributed by atoms with van der Waals surface area (Å²) < 4.78 is 0. The molecule has 1 aliphatic rings. The van der Waals surface area contributed by atoms with Gasteiger partial charge in [0.15, 0.2) is 0 Å². The molecule has 0 aromatic heterocycles. The second-order valence-electron chi connectivity index (χ2n) is 6.98. The van der Waals surface area contributed by atoms with E-state index in [0.29, 0.717) is 11.3 Å². The van der Waals surface area contributed by atoms with E-state index in [9.17, 15) is 5.11 Å². The van der Waals surface area contributed by atoms with Gasteiger partial charge in [0.25, 0.3) is 0 Å². The minimum atomic E-state index is -0.498. The molecule has 1 rings (SSSR count). The van der Waals surface area contributed by atoms with Gasteiger partial charge in [-0.1, -0.05) is 34.1 Å². The fourth-order valence-corrected chi connectivity index (χ4v) is 3.56. The van der Waals surface area contributed by atoms with Crippen molar-refractivity contribution in [1.29, 1.82) is 0 Å². The number of rotatable bonds is 3. The highest BCUT2D eigenvalue weighted by Crippen LogP contribution is 2.50. The van der Waals surface area contributed by atoms with Crippen molar-refractivity contribution in [2.75, 3.05) is 0 Å². The van der Waals surface area contributed by atoms with Gasteiger partial charge in [-0.05, 0) is 56.3 Å². The lowest BCUT2D eigenvalue weighted by atomic mass is 9.57. The Labute approximate surface area is 102 Å². The third-order valence-corrected chi connectivity index (χ3v) is 5.11. The summed E-state index contributed by atoms with van der Waals surface area (Å²) in [4.78, 5) is 0. The van der Waals surface area contributed by atoms with Crippen LogP contribution in [0.1, 0.15) is 67.2 Å². The Morgan fingerprint density at radius 1 is 1.38 bits per heavy atom. The van der Waals surface area contributed by atoms with Crippen molar-refractivity contribution in [2.24, 2.45) is 23.2 Å². The van der Waals surface area contributed by atoms with Crippen molar-refractivity contribution in [3.63, 3.8) is 0 Å². The molecule has 1 heteroatoms. The van der Waals surface area contributed by atoms with Gasteiger partial charge < -0.3 is 5.11 Å². The first-order valence-electron chi connectivity index (χ1n) is 6.93. The van der Waals surface area contributed by atoms with E-state index in [1.54, 1.807) is 0 Å². The first-order valence-corrected chi connectivity index (χ1v) is 6.93. The smallest absolute Gasteiger partial charge is 0.0619 e. The molecule has 0 aliphatic heterocycles. The van der Waals surface area contributed by atoms with E-state index < -0.39 is 5.60 Å². The second kappa shape index (κ2) is 4.68. The predicted molar refractivity (Wildman–Crippen MR) is 70.4 cm³/mol. The van der Waals surface area contributed by atoms with Crippen LogP contribution in [0.5, 0.6) is 0 Å². The van der Waals surface area contributed by atoms with Crippen molar-refractivity contribution in [1.82, 2.24) is 0 Å². The van der Waals surface area contributed by atoms with Crippen molar-refractivity contribution in [2.45, 2.75) is 72.8 Å². The average molecular weight is 226 g/mol. The molecule has 1 fully saturated rings. The summed E-state index contributed by atoms with van der Waals surface area (Å²) >= 11 is 0. The third kappa shape index (κ3) is 2.80. The van der Waals surface area contributed by atoms with Crippen LogP contribution >= 0.6 is 0 Å². The van der Waals surface area contributed by atoms with E-state index in [4.69, 9.17) is 0 Å². The molecule has 1 N–H and O–H groups in total. The van der Waals surface area contributed by atoms with Crippen LogP contribution in [-0.2, 0) is 0 Å². The normalized spacial score (nSPS) is 36.8. The molecule has 0 bridgehead atoms. The lowest BCUT2D eigenvalue weighted by Crippen LogP contribution is -2.43. The fraction of sp³-hybridized carbons (Fsp3) is 1.00. The maximum absolute atomic E-state index is 10.2. The molecule has 0 spiro atoms. The minimum absolute atomic E-state index is 0.486. The van der Waals surface area contributed by atoms with Crippen molar-refractivity contribution in [3.05, 3.63) is 0 Å². The van der Waals surface area contributed by atoms with Crippen LogP contribution in [0.3, 0.4) is 0 Å². The van der Waals surface area contributed by atoms with E-state index in [-0.39, 0.29) is 0 Å². The fourth-order valence-electron chi connectivity index (χ4n) is 3.56. The summed E-state index contributed by atoms with van der Waals surface area (Å²) in [5.74, 6) is 1.98. The second-order valence-corrected chi connectivity index (χ2v) is 6.98. The van der Waals surface area contributed by atoms with Gasteiger partial charge in [0.05, 0.1) is 5.60 Å². The maximum atomic E-state index is 10.2. The molecule has 96 valence electrons. The quantitative estimate of drug-likeness (QED) is 0.763. The van der Waals surface area contributed by atoms with Gasteiger partial charge in [-0.25, -0.2) is 0 Å². The number of hydrogen-bond acceptors (Lipinski definition) is 1. The molecular weight excluding hydrogens is 196 g/mol. The minimum Gasteiger partial charge on any atom is -0.390 e. The van der Waals surface area contributed by atoms with Crippen LogP contribution in [0.15, 0.2) is 0 Å². The molecule has 1 nitrogen and oxygen atoms in total. The molecule has 0 radical (unpaired) electrons. The molecule has 0 aromatic carbocycles. The highest BCUT2D eigenvalue weighted by molar-refractivity contribution is 4.93. The van der Waals surface area contributed by atoms with Gasteiger partial charge in [0, 0.05) is 0 Å². The predicted octanol–water partition coefficient (Wildman–Crippen LogP) is 4.25. The standard InChI is InChI=1S/C15H30O/c1-7-15(6)9-8-12(14(4,5)16)10-13(15)11(2)3/h11-13,16H,7-10H2,1-6H3/t12-,13-,15-/m0/s1. The van der Waals surface area contributed by atoms with Crippen LogP contribution in [0, 0.1) is 23.2 Å². The summed E-state index contributed by atoms with van der Waals surface area (Å²) in [6, 6.07) is 0. The van der Waals surface area contributed by atoms with Crippen LogP contribution in [0.2, 0.25) is 0 Å². The Kier molecular flexibility index (Phi) is 4.10. The zero-order chi connectivity index (χ0) is 12.6. The van der Waals surface area contributed by atoms with Gasteiger partial charge >= 0.3 is 0 Å². The number of aliphatic hydroxyl groups is 1. The Bertz CT molecular complexity index is 226. The first kappa shape index (κ1) is 14.0. The van der Waals surface area contributed by atoms with E-state index in [2.05, 4.69) is 27.7 Å². The highest BCUT2D eigenvalue weighted by Gasteiger charge is 2.43. The van der Waals surface area contributed by atoms with Gasteiger partial charge in [-0.3, -0.25) is 0 Å². The highest BCUT2D eigenvalue weighted by atomic mass is 16.3. The van der Waals surface area contributed by atoms with E-state index >= 15 is 0 Å². The van der Waals surface area contributed by atoms with Crippen molar-refractivity contribution >= 4 is 0 Å². The molecule has 1 aliphatic carbocycles. The molecule has 0 heterocycles. The molecule has 3 atom stereocenters. The van der Waals surface area contributed by atoms with Gasteiger partial charge in [0.2, 0.25) is 0 Å². The van der Waals surface area contributed by atoms with Crippen LogP contribution in [0.25, 0.3) is 0 Å². The average Bonchev–Trinajstić information content (AvgIpc) is 2.16. The molecule has 0 amide bonds. The Balaban J connectivity index is 2.81. The summed E-state index contributed by atoms with van der Waals surface area (Å²) in [5.41, 5.74) is -0.00186. The first-order chi connectivity index (χ1) is 7.20. The Morgan fingerprint density at radius 3 is 2.31 bits per heavy atom. The zero-order valence-corrected chi connectivity index (χ0v) is 12.0. The Hall–Kier alpha value is -0.0400. The SMILES string of the molecule is CC[C@@]1(C)CC[C@H](C(C)(C)O)C[C@H]1C(C)C. The van der Waals surface area contributed by atoms with Crippen LogP contribution < -0.4 is 0 Å². The van der Waals surface area contributed by atoms with Gasteiger partial charge in [-0.2, -0.15) is 0 Å². The molecule has 1 saturated carbocycles. The van der Waals surface area contributed by atoms with Gasteiger partial charge in [-0.15, -0.1) is 0 Å². The van der Waals surface area contributed by atoms with Crippen molar-refractivity contribution in [3.8, 4) is 0 Å². The monoisotopic (exact) mass is 226 g/mol. The summed E-state index contributed by atoms with van der Waals surface area (Å²) in [6.45, 7) is 13.4. The molecule has 0 aromatic rings. The molecule has 0 saturated heterocycles. The maximum Gasteiger partial charge on any atom is 0.0619 e. The zero-order valence-electron chi connectivity index (χ0n) is 12.0. The topological polar surface area (TPSA) is 20.2 Å². The summed E-state index contributed by atoms with van der Waals surface area (Å²) in [5, 5.41) is 10.2. The summed E-state index contributed by atoms with van der Waals surface area (Å²) in [6.07, 6.45) is 4.94. The van der Waals surface area contributed by atoms with E-state index in [1.165, 1.54) is 25.7 Å². The van der Waals surface area contributed by atoms with Crippen LogP contribution in [-0.4, -0.2) is 10.7 Å². The van der Waals surface area contributed by atoms with Crippen molar-refractivity contribution < 1.29 is 5.11 Å². The lowest BCUT2D eigenvalue weighted by Gasteiger charge is -2.49. The number of hydrogen-bond donors (Lipinski definition) is 1.